The molecule has 4 aromatic rings. The molecule has 1 heterocycles. The van der Waals surface area contributed by atoms with Gasteiger partial charge in [-0.15, -0.1) is 0 Å². The number of benzene rings is 3. The van der Waals surface area contributed by atoms with Gasteiger partial charge in [-0.25, -0.2) is 4.98 Å². The van der Waals surface area contributed by atoms with Gasteiger partial charge in [-0.2, -0.15) is 0 Å². The fourth-order valence-corrected chi connectivity index (χ4v) is 5.39. The summed E-state index contributed by atoms with van der Waals surface area (Å²) in [6.45, 7) is 0. The Morgan fingerprint density at radius 2 is 1.61 bits per heavy atom. The highest BCUT2D eigenvalue weighted by Crippen LogP contribution is 2.35. The zero-order chi connectivity index (χ0) is 21.8. The third kappa shape index (κ3) is 5.70. The summed E-state index contributed by atoms with van der Waals surface area (Å²) in [5, 5.41) is 19.7. The van der Waals surface area contributed by atoms with Crippen molar-refractivity contribution in [2.24, 2.45) is 0 Å². The molecule has 0 amide bonds. The van der Waals surface area contributed by atoms with Gasteiger partial charge in [-0.1, -0.05) is 12.1 Å². The lowest BCUT2D eigenvalue weighted by Crippen LogP contribution is -1.98. The van der Waals surface area contributed by atoms with Gasteiger partial charge in [-0.05, 0) is 105 Å². The molecule has 1 aromatic heterocycles. The number of aromatic hydroxyl groups is 2. The Balaban J connectivity index is 1.51. The molecule has 0 spiro atoms. The van der Waals surface area contributed by atoms with Crippen LogP contribution in [0.25, 0.3) is 0 Å². The molecule has 0 atom stereocenters. The van der Waals surface area contributed by atoms with Crippen LogP contribution in [-0.4, -0.2) is 20.2 Å². The Kier molecular flexibility index (Phi) is 7.01. The van der Waals surface area contributed by atoms with Crippen molar-refractivity contribution in [1.29, 1.82) is 0 Å². The summed E-state index contributed by atoms with van der Waals surface area (Å²) < 4.78 is 8.28. The SMILES string of the molecule is Oc1ccc(Cc2cc(Oc3c(I)cc(CCc4ncc[nH]4)cc3I)ccc2O)cc1. The van der Waals surface area contributed by atoms with E-state index in [0.717, 1.165) is 42.7 Å². The van der Waals surface area contributed by atoms with Gasteiger partial charge in [0.25, 0.3) is 0 Å². The van der Waals surface area contributed by atoms with Crippen molar-refractivity contribution in [3.05, 3.63) is 96.6 Å². The number of aromatic amines is 1. The van der Waals surface area contributed by atoms with E-state index >= 15 is 0 Å². The largest absolute Gasteiger partial charge is 0.508 e. The lowest BCUT2D eigenvalue weighted by atomic mass is 10.0. The molecule has 31 heavy (non-hydrogen) atoms. The topological polar surface area (TPSA) is 78.4 Å². The molecule has 7 heteroatoms. The van der Waals surface area contributed by atoms with Gasteiger partial charge in [0, 0.05) is 30.8 Å². The number of ether oxygens (including phenoxy) is 1. The molecule has 0 aliphatic carbocycles. The highest BCUT2D eigenvalue weighted by atomic mass is 127. The Hall–Kier alpha value is -2.27. The van der Waals surface area contributed by atoms with E-state index in [-0.39, 0.29) is 11.5 Å². The van der Waals surface area contributed by atoms with Gasteiger partial charge in [-0.3, -0.25) is 0 Å². The maximum atomic E-state index is 10.3. The molecule has 3 aromatic carbocycles. The highest BCUT2D eigenvalue weighted by Gasteiger charge is 2.12. The van der Waals surface area contributed by atoms with Crippen molar-refractivity contribution in [3.63, 3.8) is 0 Å². The highest BCUT2D eigenvalue weighted by molar-refractivity contribution is 14.1. The van der Waals surface area contributed by atoms with Crippen molar-refractivity contribution in [3.8, 4) is 23.0 Å². The van der Waals surface area contributed by atoms with Gasteiger partial charge in [0.1, 0.15) is 23.1 Å². The molecule has 0 unspecified atom stereocenters. The molecule has 158 valence electrons. The van der Waals surface area contributed by atoms with E-state index in [0.29, 0.717) is 12.2 Å². The summed E-state index contributed by atoms with van der Waals surface area (Å²) >= 11 is 4.60. The number of imidazole rings is 1. The number of H-pyrrole nitrogens is 1. The predicted octanol–water partition coefficient (Wildman–Crippen LogP) is 6.20. The van der Waals surface area contributed by atoms with Gasteiger partial charge in [0.15, 0.2) is 5.75 Å². The zero-order valence-corrected chi connectivity index (χ0v) is 20.8. The fraction of sp³-hybridized carbons (Fsp3) is 0.125. The van der Waals surface area contributed by atoms with E-state index in [9.17, 15) is 10.2 Å². The molecule has 4 rings (SSSR count). The maximum Gasteiger partial charge on any atom is 0.154 e. The number of rotatable bonds is 7. The molecule has 0 saturated carbocycles. The summed E-state index contributed by atoms with van der Waals surface area (Å²) in [7, 11) is 0. The zero-order valence-electron chi connectivity index (χ0n) is 16.5. The van der Waals surface area contributed by atoms with Gasteiger partial charge in [0.05, 0.1) is 7.14 Å². The van der Waals surface area contributed by atoms with E-state index in [1.54, 1.807) is 30.5 Å². The summed E-state index contributed by atoms with van der Waals surface area (Å²) in [4.78, 5) is 7.42. The first-order chi connectivity index (χ1) is 15.0. The second-order valence-electron chi connectivity index (χ2n) is 7.16. The van der Waals surface area contributed by atoms with Crippen LogP contribution in [0.4, 0.5) is 0 Å². The van der Waals surface area contributed by atoms with E-state index < -0.39 is 0 Å². The maximum absolute atomic E-state index is 10.3. The molecule has 0 aliphatic rings. The molecular weight excluding hydrogens is 618 g/mol. The predicted molar refractivity (Wildman–Crippen MR) is 137 cm³/mol. The summed E-state index contributed by atoms with van der Waals surface area (Å²) in [6.07, 6.45) is 5.91. The first-order valence-electron chi connectivity index (χ1n) is 9.72. The van der Waals surface area contributed by atoms with Crippen molar-refractivity contribution in [1.82, 2.24) is 9.97 Å². The van der Waals surface area contributed by atoms with Crippen molar-refractivity contribution in [2.75, 3.05) is 0 Å². The van der Waals surface area contributed by atoms with Gasteiger partial charge in [0.2, 0.25) is 0 Å². The smallest absolute Gasteiger partial charge is 0.154 e. The Bertz CT molecular complexity index is 1150. The third-order valence-electron chi connectivity index (χ3n) is 4.87. The number of aromatic nitrogens is 2. The van der Waals surface area contributed by atoms with E-state index in [4.69, 9.17) is 4.74 Å². The Labute approximate surface area is 207 Å². The number of hydrogen-bond acceptors (Lipinski definition) is 4. The normalized spacial score (nSPS) is 10.9. The average molecular weight is 638 g/mol. The fourth-order valence-electron chi connectivity index (χ4n) is 3.27. The number of halogens is 2. The Morgan fingerprint density at radius 1 is 0.871 bits per heavy atom. The quantitative estimate of drug-likeness (QED) is 0.211. The van der Waals surface area contributed by atoms with Crippen LogP contribution in [0.1, 0.15) is 22.5 Å². The summed E-state index contributed by atoms with van der Waals surface area (Å²) in [6, 6.07) is 16.5. The molecule has 3 N–H and O–H groups in total. The van der Waals surface area contributed by atoms with E-state index in [1.165, 1.54) is 5.56 Å². The van der Waals surface area contributed by atoms with Crippen LogP contribution < -0.4 is 4.74 Å². The van der Waals surface area contributed by atoms with Crippen LogP contribution in [0.5, 0.6) is 23.0 Å². The molecular formula is C24H20I2N2O3. The monoisotopic (exact) mass is 638 g/mol. The van der Waals surface area contributed by atoms with Gasteiger partial charge >= 0.3 is 0 Å². The third-order valence-corrected chi connectivity index (χ3v) is 6.47. The lowest BCUT2D eigenvalue weighted by molar-refractivity contribution is 0.456. The van der Waals surface area contributed by atoms with Crippen LogP contribution in [0.2, 0.25) is 0 Å². The van der Waals surface area contributed by atoms with Crippen molar-refractivity contribution in [2.45, 2.75) is 19.3 Å². The summed E-state index contributed by atoms with van der Waals surface area (Å²) in [5.74, 6) is 2.91. The Morgan fingerprint density at radius 3 is 2.29 bits per heavy atom. The molecule has 5 nitrogen and oxygen atoms in total. The standard InChI is InChI=1S/C24H20I2N2O3/c25-20-12-16(3-8-23-27-9-10-28-23)13-21(26)24(20)31-19-6-7-22(30)17(14-19)11-15-1-4-18(29)5-2-15/h1-2,4-7,9-10,12-14,29-30H,3,8,11H2,(H,27,28). The van der Waals surface area contributed by atoms with Crippen LogP contribution in [0.15, 0.2) is 67.0 Å². The molecule has 0 saturated heterocycles. The van der Waals surface area contributed by atoms with Gasteiger partial charge < -0.3 is 19.9 Å². The first kappa shape index (κ1) is 21.9. The minimum atomic E-state index is 0.220. The van der Waals surface area contributed by atoms with E-state index in [2.05, 4.69) is 67.3 Å². The second kappa shape index (κ2) is 9.90. The van der Waals surface area contributed by atoms with E-state index in [1.807, 2.05) is 24.4 Å². The molecule has 0 bridgehead atoms. The number of nitrogens with one attached hydrogen (secondary N) is 1. The second-order valence-corrected chi connectivity index (χ2v) is 9.48. The number of hydrogen-bond donors (Lipinski definition) is 3. The van der Waals surface area contributed by atoms with Crippen molar-refractivity contribution < 1.29 is 14.9 Å². The minimum Gasteiger partial charge on any atom is -0.508 e. The minimum absolute atomic E-state index is 0.220. The molecule has 0 radical (unpaired) electrons. The van der Waals surface area contributed by atoms with Crippen LogP contribution in [0, 0.1) is 7.14 Å². The first-order valence-corrected chi connectivity index (χ1v) is 11.9. The number of phenols is 2. The molecule has 0 fully saturated rings. The van der Waals surface area contributed by atoms with Crippen LogP contribution >= 0.6 is 45.2 Å². The van der Waals surface area contributed by atoms with Crippen LogP contribution in [-0.2, 0) is 19.3 Å². The number of nitrogens with zero attached hydrogens (tertiary/aromatic N) is 1. The molecule has 0 aliphatic heterocycles. The average Bonchev–Trinajstić information content (AvgIpc) is 3.27. The lowest BCUT2D eigenvalue weighted by Gasteiger charge is -2.14. The summed E-state index contributed by atoms with van der Waals surface area (Å²) in [5.41, 5.74) is 3.00. The number of aryl methyl sites for hydroxylation is 2. The van der Waals surface area contributed by atoms with Crippen molar-refractivity contribution >= 4 is 45.2 Å². The van der Waals surface area contributed by atoms with Crippen LogP contribution in [0.3, 0.4) is 0 Å². The number of phenolic OH excluding ortho intramolecular Hbond substituents is 2.